The van der Waals surface area contributed by atoms with Crippen molar-refractivity contribution in [3.63, 3.8) is 0 Å². The SMILES string of the molecule is Cl.Cl.Cl.Cl.c1ccc2occc2c1. The average Bonchev–Trinajstić information content (AvgIpc) is 2.33. The molecule has 0 aliphatic heterocycles. The van der Waals surface area contributed by atoms with Crippen molar-refractivity contribution in [1.29, 1.82) is 0 Å². The summed E-state index contributed by atoms with van der Waals surface area (Å²) >= 11 is 0. The Morgan fingerprint density at radius 2 is 1.38 bits per heavy atom. The maximum atomic E-state index is 5.12. The molecule has 76 valence electrons. The van der Waals surface area contributed by atoms with Gasteiger partial charge < -0.3 is 4.42 Å². The van der Waals surface area contributed by atoms with Gasteiger partial charge >= 0.3 is 0 Å². The van der Waals surface area contributed by atoms with E-state index >= 15 is 0 Å². The van der Waals surface area contributed by atoms with E-state index in [1.807, 2.05) is 30.3 Å². The fourth-order valence-corrected chi connectivity index (χ4v) is 0.906. The summed E-state index contributed by atoms with van der Waals surface area (Å²) in [6.07, 6.45) is 1.70. The molecular formula is C8H10Cl4O. The van der Waals surface area contributed by atoms with E-state index in [0.717, 1.165) is 11.0 Å². The number of furan rings is 1. The number of para-hydroxylation sites is 1. The Morgan fingerprint density at radius 1 is 0.769 bits per heavy atom. The van der Waals surface area contributed by atoms with Crippen LogP contribution >= 0.6 is 49.6 Å². The Morgan fingerprint density at radius 3 is 2.00 bits per heavy atom. The van der Waals surface area contributed by atoms with Gasteiger partial charge in [-0.1, -0.05) is 18.2 Å². The zero-order chi connectivity index (χ0) is 6.10. The average molecular weight is 264 g/mol. The molecule has 0 unspecified atom stereocenters. The molecular weight excluding hydrogens is 254 g/mol. The molecule has 1 aromatic heterocycles. The lowest BCUT2D eigenvalue weighted by molar-refractivity contribution is 0.616. The quantitative estimate of drug-likeness (QED) is 0.697. The minimum atomic E-state index is 0. The predicted octanol–water partition coefficient (Wildman–Crippen LogP) is 4.12. The van der Waals surface area contributed by atoms with E-state index in [1.165, 1.54) is 0 Å². The minimum Gasteiger partial charge on any atom is -0.464 e. The summed E-state index contributed by atoms with van der Waals surface area (Å²) in [7, 11) is 0. The van der Waals surface area contributed by atoms with Crippen LogP contribution in [0.25, 0.3) is 11.0 Å². The third-order valence-electron chi connectivity index (χ3n) is 1.36. The van der Waals surface area contributed by atoms with Crippen LogP contribution in [0.3, 0.4) is 0 Å². The first-order valence-electron chi connectivity index (χ1n) is 2.89. The summed E-state index contributed by atoms with van der Waals surface area (Å²) in [5.41, 5.74) is 0.956. The number of halogens is 4. The van der Waals surface area contributed by atoms with Crippen molar-refractivity contribution in [3.05, 3.63) is 36.6 Å². The van der Waals surface area contributed by atoms with Gasteiger partial charge in [0, 0.05) is 5.39 Å². The molecule has 2 aromatic rings. The van der Waals surface area contributed by atoms with Crippen LogP contribution < -0.4 is 0 Å². The third kappa shape index (κ3) is 4.10. The van der Waals surface area contributed by atoms with Gasteiger partial charge in [0.05, 0.1) is 6.26 Å². The van der Waals surface area contributed by atoms with Crippen molar-refractivity contribution in [2.45, 2.75) is 0 Å². The van der Waals surface area contributed by atoms with Crippen LogP contribution in [0.4, 0.5) is 0 Å². The summed E-state index contributed by atoms with van der Waals surface area (Å²) in [6, 6.07) is 9.90. The molecule has 0 N–H and O–H groups in total. The first kappa shape index (κ1) is 18.7. The second kappa shape index (κ2) is 8.52. The van der Waals surface area contributed by atoms with E-state index in [9.17, 15) is 0 Å². The molecule has 1 heterocycles. The van der Waals surface area contributed by atoms with E-state index in [0.29, 0.717) is 0 Å². The van der Waals surface area contributed by atoms with E-state index in [1.54, 1.807) is 6.26 Å². The molecule has 1 aromatic carbocycles. The van der Waals surface area contributed by atoms with Crippen molar-refractivity contribution in [2.75, 3.05) is 0 Å². The van der Waals surface area contributed by atoms with Gasteiger partial charge in [-0.15, -0.1) is 49.6 Å². The molecule has 2 rings (SSSR count). The number of benzene rings is 1. The number of hydrogen-bond acceptors (Lipinski definition) is 1. The second-order valence-electron chi connectivity index (χ2n) is 1.96. The largest absolute Gasteiger partial charge is 0.464 e. The molecule has 0 saturated heterocycles. The van der Waals surface area contributed by atoms with Crippen molar-refractivity contribution >= 4 is 60.6 Å². The van der Waals surface area contributed by atoms with Crippen LogP contribution in [0, 0.1) is 0 Å². The summed E-state index contributed by atoms with van der Waals surface area (Å²) in [5.74, 6) is 0. The maximum Gasteiger partial charge on any atom is 0.133 e. The molecule has 0 spiro atoms. The van der Waals surface area contributed by atoms with Gasteiger partial charge in [-0.05, 0) is 12.1 Å². The van der Waals surface area contributed by atoms with Crippen LogP contribution in [0.5, 0.6) is 0 Å². The number of rotatable bonds is 0. The Labute approximate surface area is 102 Å². The lowest BCUT2D eigenvalue weighted by Crippen LogP contribution is -1.57. The fraction of sp³-hybridized carbons (Fsp3) is 0. The van der Waals surface area contributed by atoms with Gasteiger partial charge in [0.15, 0.2) is 0 Å². The van der Waals surface area contributed by atoms with E-state index in [-0.39, 0.29) is 49.6 Å². The molecule has 0 saturated carbocycles. The van der Waals surface area contributed by atoms with Crippen molar-refractivity contribution in [1.82, 2.24) is 0 Å². The minimum absolute atomic E-state index is 0. The van der Waals surface area contributed by atoms with Crippen LogP contribution in [-0.2, 0) is 0 Å². The molecule has 0 amide bonds. The van der Waals surface area contributed by atoms with E-state index in [2.05, 4.69) is 0 Å². The van der Waals surface area contributed by atoms with Crippen LogP contribution in [0.1, 0.15) is 0 Å². The molecule has 0 aliphatic rings. The highest BCUT2D eigenvalue weighted by Crippen LogP contribution is 2.12. The van der Waals surface area contributed by atoms with Gasteiger partial charge in [-0.2, -0.15) is 0 Å². The van der Waals surface area contributed by atoms with Gasteiger partial charge in [0.2, 0.25) is 0 Å². The van der Waals surface area contributed by atoms with Gasteiger partial charge in [0.25, 0.3) is 0 Å². The summed E-state index contributed by atoms with van der Waals surface area (Å²) in [5, 5.41) is 1.16. The lowest BCUT2D eigenvalue weighted by atomic mass is 10.3. The smallest absolute Gasteiger partial charge is 0.133 e. The predicted molar refractivity (Wildman–Crippen MR) is 65.2 cm³/mol. The summed E-state index contributed by atoms with van der Waals surface area (Å²) < 4.78 is 5.12. The van der Waals surface area contributed by atoms with Crippen molar-refractivity contribution in [3.8, 4) is 0 Å². The first-order chi connectivity index (χ1) is 4.47. The molecule has 0 fully saturated rings. The third-order valence-corrected chi connectivity index (χ3v) is 1.36. The lowest BCUT2D eigenvalue weighted by Gasteiger charge is -1.81. The molecule has 0 atom stereocenters. The van der Waals surface area contributed by atoms with Crippen LogP contribution in [-0.4, -0.2) is 0 Å². The normalized spacial score (nSPS) is 7.08. The van der Waals surface area contributed by atoms with Gasteiger partial charge in [-0.25, -0.2) is 0 Å². The van der Waals surface area contributed by atoms with E-state index < -0.39 is 0 Å². The Hall–Kier alpha value is -0.0800. The second-order valence-corrected chi connectivity index (χ2v) is 1.96. The zero-order valence-electron chi connectivity index (χ0n) is 6.51. The highest BCUT2D eigenvalue weighted by molar-refractivity contribution is 5.86. The molecule has 1 nitrogen and oxygen atoms in total. The summed E-state index contributed by atoms with van der Waals surface area (Å²) in [6.45, 7) is 0. The molecule has 5 heteroatoms. The topological polar surface area (TPSA) is 13.1 Å². The van der Waals surface area contributed by atoms with Crippen molar-refractivity contribution < 1.29 is 4.42 Å². The Bertz CT molecular complexity index is 290. The van der Waals surface area contributed by atoms with E-state index in [4.69, 9.17) is 4.42 Å². The fourth-order valence-electron chi connectivity index (χ4n) is 0.906. The Balaban J connectivity index is -0.000000250. The molecule has 0 radical (unpaired) electrons. The Kier molecular flexibility index (Phi) is 12.2. The van der Waals surface area contributed by atoms with Crippen LogP contribution in [0.2, 0.25) is 0 Å². The van der Waals surface area contributed by atoms with Gasteiger partial charge in [0.1, 0.15) is 5.58 Å². The van der Waals surface area contributed by atoms with Gasteiger partial charge in [-0.3, -0.25) is 0 Å². The monoisotopic (exact) mass is 262 g/mol. The standard InChI is InChI=1S/C8H6O.4ClH/c1-2-4-8-7(3-1)5-6-9-8;;;;/h1-6H;4*1H. The zero-order valence-corrected chi connectivity index (χ0v) is 9.77. The number of fused-ring (bicyclic) bond motifs is 1. The van der Waals surface area contributed by atoms with Crippen LogP contribution in [0.15, 0.2) is 41.0 Å². The highest BCUT2D eigenvalue weighted by atomic mass is 35.5. The number of hydrogen-bond donors (Lipinski definition) is 0. The maximum absolute atomic E-state index is 5.12. The first-order valence-corrected chi connectivity index (χ1v) is 2.89. The molecule has 0 aliphatic carbocycles. The molecule has 13 heavy (non-hydrogen) atoms. The molecule has 0 bridgehead atoms. The summed E-state index contributed by atoms with van der Waals surface area (Å²) in [4.78, 5) is 0. The highest BCUT2D eigenvalue weighted by Gasteiger charge is 1.89. The van der Waals surface area contributed by atoms with Crippen molar-refractivity contribution in [2.24, 2.45) is 0 Å².